The van der Waals surface area contributed by atoms with Crippen molar-refractivity contribution in [3.8, 4) is 0 Å². The van der Waals surface area contributed by atoms with Crippen LogP contribution < -0.4 is 5.32 Å². The molecule has 122 valence electrons. The normalized spacial score (nSPS) is 10.4. The summed E-state index contributed by atoms with van der Waals surface area (Å²) in [7, 11) is 1.60. The zero-order valence-electron chi connectivity index (χ0n) is 13.7. The van der Waals surface area contributed by atoms with Gasteiger partial charge in [0.2, 0.25) is 5.91 Å². The fourth-order valence-electron chi connectivity index (χ4n) is 2.27. The van der Waals surface area contributed by atoms with Gasteiger partial charge in [0.05, 0.1) is 17.8 Å². The lowest BCUT2D eigenvalue weighted by Gasteiger charge is -2.17. The van der Waals surface area contributed by atoms with Crippen molar-refractivity contribution in [3.63, 3.8) is 0 Å². The Morgan fingerprint density at radius 3 is 2.57 bits per heavy atom. The van der Waals surface area contributed by atoms with Crippen LogP contribution in [0.25, 0.3) is 0 Å². The number of hydrogen-bond donors (Lipinski definition) is 1. The maximum Gasteiger partial charge on any atom is 0.257 e. The van der Waals surface area contributed by atoms with Crippen LogP contribution in [0.3, 0.4) is 0 Å². The minimum atomic E-state index is -0.236. The molecule has 0 fully saturated rings. The van der Waals surface area contributed by atoms with Crippen molar-refractivity contribution in [2.75, 3.05) is 25.2 Å². The minimum absolute atomic E-state index is 0.0226. The molecule has 2 rings (SSSR count). The van der Waals surface area contributed by atoms with E-state index in [4.69, 9.17) is 4.42 Å². The van der Waals surface area contributed by atoms with Crippen molar-refractivity contribution >= 4 is 29.3 Å². The Bertz CT molecular complexity index is 724. The Morgan fingerprint density at radius 2 is 1.96 bits per heavy atom. The molecule has 1 aromatic carbocycles. The lowest BCUT2D eigenvalue weighted by atomic mass is 10.2. The van der Waals surface area contributed by atoms with Gasteiger partial charge in [0.25, 0.3) is 5.91 Å². The zero-order valence-corrected chi connectivity index (χ0v) is 14.5. The third-order valence-electron chi connectivity index (χ3n) is 3.38. The number of hydrogen-bond acceptors (Lipinski definition) is 4. The van der Waals surface area contributed by atoms with Crippen molar-refractivity contribution in [2.45, 2.75) is 18.7 Å². The van der Waals surface area contributed by atoms with Crippen molar-refractivity contribution < 1.29 is 14.0 Å². The standard InChI is InChI=1S/C17H20N2O3S/c1-11-9-13(12(2)22-11)17(21)19(3)10-16(20)18-14-7-5-6-8-15(14)23-4/h5-9H,10H2,1-4H3,(H,18,20). The van der Waals surface area contributed by atoms with Crippen LogP contribution in [-0.2, 0) is 4.79 Å². The van der Waals surface area contributed by atoms with Crippen molar-refractivity contribution in [1.82, 2.24) is 4.90 Å². The van der Waals surface area contributed by atoms with E-state index in [2.05, 4.69) is 5.32 Å². The highest BCUT2D eigenvalue weighted by Crippen LogP contribution is 2.24. The first-order valence-electron chi connectivity index (χ1n) is 7.17. The van der Waals surface area contributed by atoms with Crippen molar-refractivity contribution in [3.05, 3.63) is 47.4 Å². The van der Waals surface area contributed by atoms with Crippen LogP contribution in [0.5, 0.6) is 0 Å². The number of aryl methyl sites for hydroxylation is 2. The molecule has 1 aromatic heterocycles. The number of nitrogens with zero attached hydrogens (tertiary/aromatic N) is 1. The molecule has 1 heterocycles. The molecule has 0 bridgehead atoms. The molecule has 0 spiro atoms. The number of amides is 2. The fourth-order valence-corrected chi connectivity index (χ4v) is 2.83. The molecule has 6 heteroatoms. The highest BCUT2D eigenvalue weighted by Gasteiger charge is 2.19. The van der Waals surface area contributed by atoms with E-state index in [0.29, 0.717) is 17.1 Å². The third kappa shape index (κ3) is 4.16. The zero-order chi connectivity index (χ0) is 17.0. The van der Waals surface area contributed by atoms with Crippen molar-refractivity contribution in [1.29, 1.82) is 0 Å². The van der Waals surface area contributed by atoms with E-state index in [-0.39, 0.29) is 18.4 Å². The van der Waals surface area contributed by atoms with Gasteiger partial charge in [-0.25, -0.2) is 0 Å². The Morgan fingerprint density at radius 1 is 1.26 bits per heavy atom. The van der Waals surface area contributed by atoms with Gasteiger partial charge in [0.1, 0.15) is 11.5 Å². The maximum atomic E-state index is 12.4. The third-order valence-corrected chi connectivity index (χ3v) is 4.18. The molecule has 0 unspecified atom stereocenters. The number of para-hydroxylation sites is 1. The van der Waals surface area contributed by atoms with E-state index in [1.54, 1.807) is 38.7 Å². The Kier molecular flexibility index (Phi) is 5.50. The molecular weight excluding hydrogens is 312 g/mol. The van der Waals surface area contributed by atoms with Crippen LogP contribution in [0.2, 0.25) is 0 Å². The number of furan rings is 1. The molecule has 0 aliphatic heterocycles. The number of likely N-dealkylation sites (N-methyl/N-ethyl adjacent to an activating group) is 1. The van der Waals surface area contributed by atoms with E-state index >= 15 is 0 Å². The first-order valence-corrected chi connectivity index (χ1v) is 8.40. The highest BCUT2D eigenvalue weighted by atomic mass is 32.2. The van der Waals surface area contributed by atoms with E-state index < -0.39 is 0 Å². The number of nitrogens with one attached hydrogen (secondary N) is 1. The van der Waals surface area contributed by atoms with E-state index in [0.717, 1.165) is 10.6 Å². The smallest absolute Gasteiger partial charge is 0.257 e. The topological polar surface area (TPSA) is 62.6 Å². The second kappa shape index (κ2) is 7.37. The lowest BCUT2D eigenvalue weighted by molar-refractivity contribution is -0.116. The van der Waals surface area contributed by atoms with Crippen LogP contribution in [0.15, 0.2) is 39.6 Å². The summed E-state index contributed by atoms with van der Waals surface area (Å²) in [6.45, 7) is 3.50. The van der Waals surface area contributed by atoms with Crippen LogP contribution in [0.4, 0.5) is 5.69 Å². The average Bonchev–Trinajstić information content (AvgIpc) is 2.85. The fraction of sp³-hybridized carbons (Fsp3) is 0.294. The SMILES string of the molecule is CSc1ccccc1NC(=O)CN(C)C(=O)c1cc(C)oc1C. The van der Waals surface area contributed by atoms with Crippen LogP contribution in [0.1, 0.15) is 21.9 Å². The Hall–Kier alpha value is -2.21. The number of rotatable bonds is 5. The summed E-state index contributed by atoms with van der Waals surface area (Å²) in [4.78, 5) is 26.9. The summed E-state index contributed by atoms with van der Waals surface area (Å²) < 4.78 is 5.37. The van der Waals surface area contributed by atoms with Crippen LogP contribution in [0, 0.1) is 13.8 Å². The lowest BCUT2D eigenvalue weighted by Crippen LogP contribution is -2.35. The monoisotopic (exact) mass is 332 g/mol. The summed E-state index contributed by atoms with van der Waals surface area (Å²) in [5.74, 6) is 0.776. The molecular formula is C17H20N2O3S. The first kappa shape index (κ1) is 17.1. The largest absolute Gasteiger partial charge is 0.466 e. The van der Waals surface area contributed by atoms with Gasteiger partial charge in [-0.15, -0.1) is 11.8 Å². The molecule has 0 saturated heterocycles. The Balaban J connectivity index is 2.02. The number of thioether (sulfide) groups is 1. The van der Waals surface area contributed by atoms with Gasteiger partial charge in [-0.05, 0) is 38.3 Å². The Labute approximate surface area is 140 Å². The molecule has 0 saturated carbocycles. The second-order valence-electron chi connectivity index (χ2n) is 5.24. The second-order valence-corrected chi connectivity index (χ2v) is 6.08. The summed E-state index contributed by atoms with van der Waals surface area (Å²) >= 11 is 1.56. The highest BCUT2D eigenvalue weighted by molar-refractivity contribution is 7.98. The van der Waals surface area contributed by atoms with E-state index in [9.17, 15) is 9.59 Å². The van der Waals surface area contributed by atoms with Crippen molar-refractivity contribution in [2.24, 2.45) is 0 Å². The predicted octanol–water partition coefficient (Wildman–Crippen LogP) is 3.33. The van der Waals surface area contributed by atoms with Gasteiger partial charge in [-0.3, -0.25) is 9.59 Å². The van der Waals surface area contributed by atoms with Gasteiger partial charge in [-0.1, -0.05) is 12.1 Å². The van der Waals surface area contributed by atoms with Gasteiger partial charge in [0, 0.05) is 11.9 Å². The molecule has 2 amide bonds. The molecule has 0 aliphatic carbocycles. The van der Waals surface area contributed by atoms with Crippen LogP contribution >= 0.6 is 11.8 Å². The van der Waals surface area contributed by atoms with Gasteiger partial charge >= 0.3 is 0 Å². The predicted molar refractivity (Wildman–Crippen MR) is 92.0 cm³/mol. The maximum absolute atomic E-state index is 12.4. The molecule has 5 nitrogen and oxygen atoms in total. The summed E-state index contributed by atoms with van der Waals surface area (Å²) in [6, 6.07) is 9.25. The molecule has 1 N–H and O–H groups in total. The molecule has 0 aliphatic rings. The van der Waals surface area contributed by atoms with Crippen LogP contribution in [-0.4, -0.2) is 36.6 Å². The quantitative estimate of drug-likeness (QED) is 0.853. The molecule has 23 heavy (non-hydrogen) atoms. The summed E-state index contributed by atoms with van der Waals surface area (Å²) in [6.07, 6.45) is 1.95. The van der Waals surface area contributed by atoms with Gasteiger partial charge < -0.3 is 14.6 Å². The molecule has 0 atom stereocenters. The summed E-state index contributed by atoms with van der Waals surface area (Å²) in [5.41, 5.74) is 1.24. The van der Waals surface area contributed by atoms with Gasteiger partial charge in [0.15, 0.2) is 0 Å². The number of anilines is 1. The number of carbonyl (C=O) groups is 2. The van der Waals surface area contributed by atoms with E-state index in [1.807, 2.05) is 30.5 Å². The molecule has 0 radical (unpaired) electrons. The number of carbonyl (C=O) groups excluding carboxylic acids is 2. The van der Waals surface area contributed by atoms with Gasteiger partial charge in [-0.2, -0.15) is 0 Å². The first-order chi connectivity index (χ1) is 10.9. The summed E-state index contributed by atoms with van der Waals surface area (Å²) in [5, 5.41) is 2.84. The minimum Gasteiger partial charge on any atom is -0.466 e. The van der Waals surface area contributed by atoms with E-state index in [1.165, 1.54) is 4.90 Å². The number of benzene rings is 1. The molecule has 2 aromatic rings. The average molecular weight is 332 g/mol.